The second-order valence-electron chi connectivity index (χ2n) is 10.2. The summed E-state index contributed by atoms with van der Waals surface area (Å²) >= 11 is 6.41. The summed E-state index contributed by atoms with van der Waals surface area (Å²) in [5.41, 5.74) is 1.88. The minimum atomic E-state index is -1.16. The van der Waals surface area contributed by atoms with Crippen molar-refractivity contribution in [3.8, 4) is 0 Å². The number of piperidine rings is 2. The number of carbonyl (C=O) groups excluding carboxylic acids is 2. The van der Waals surface area contributed by atoms with Crippen LogP contribution in [0.5, 0.6) is 0 Å². The number of nitrogens with zero attached hydrogens (tertiary/aromatic N) is 5. The average Bonchev–Trinajstić information content (AvgIpc) is 3.45. The van der Waals surface area contributed by atoms with Gasteiger partial charge in [0.25, 0.3) is 0 Å². The number of benzene rings is 1. The Kier molecular flexibility index (Phi) is 6.31. The lowest BCUT2D eigenvalue weighted by Gasteiger charge is -2.46. The number of hydrogen-bond acceptors (Lipinski definition) is 9. The molecule has 7 rings (SSSR count). The number of anilines is 1. The molecule has 3 aromatic rings. The molecule has 0 spiro atoms. The Morgan fingerprint density at radius 2 is 1.89 bits per heavy atom. The summed E-state index contributed by atoms with van der Waals surface area (Å²) in [4.78, 5) is 36.2. The van der Waals surface area contributed by atoms with Gasteiger partial charge in [0, 0.05) is 25.1 Å². The van der Waals surface area contributed by atoms with Gasteiger partial charge in [-0.25, -0.2) is 9.48 Å². The molecule has 1 aromatic carbocycles. The van der Waals surface area contributed by atoms with E-state index >= 15 is 0 Å². The second kappa shape index (κ2) is 9.67. The van der Waals surface area contributed by atoms with E-state index < -0.39 is 30.6 Å². The van der Waals surface area contributed by atoms with Gasteiger partial charge in [0.15, 0.2) is 18.0 Å². The van der Waals surface area contributed by atoms with Crippen LogP contribution in [-0.4, -0.2) is 56.7 Å². The van der Waals surface area contributed by atoms with Gasteiger partial charge in [-0.05, 0) is 61.8 Å². The standard InChI is InChI=1S/C27H28ClN5O5/c1-14-6-4-5-7-19(14)25(35)38-26-15(2)21(36-16(3)34)24(37-26)33-23-20(12-29-33)22(30-27(28)31-23)32-13-17-8-10-18(32)11-9-17/h4-7,12,17-18,21,24,26H,2,8-11,13H2,1,3H3/t17?,18?,21-,24-,26+/m1/s1. The number of aromatic nitrogens is 4. The highest BCUT2D eigenvalue weighted by molar-refractivity contribution is 6.28. The van der Waals surface area contributed by atoms with Crippen LogP contribution in [0.1, 0.15) is 54.8 Å². The lowest BCUT2D eigenvalue weighted by molar-refractivity contribution is -0.157. The van der Waals surface area contributed by atoms with Crippen molar-refractivity contribution in [2.75, 3.05) is 11.4 Å². The van der Waals surface area contributed by atoms with Crippen LogP contribution in [0, 0.1) is 12.8 Å². The van der Waals surface area contributed by atoms with E-state index in [4.69, 9.17) is 25.8 Å². The Balaban J connectivity index is 1.34. The quantitative estimate of drug-likeness (QED) is 0.266. The molecule has 198 valence electrons. The maximum Gasteiger partial charge on any atom is 0.340 e. The summed E-state index contributed by atoms with van der Waals surface area (Å²) in [6.45, 7) is 8.05. The van der Waals surface area contributed by atoms with Crippen molar-refractivity contribution in [1.29, 1.82) is 0 Å². The van der Waals surface area contributed by atoms with E-state index in [-0.39, 0.29) is 10.9 Å². The first-order valence-electron chi connectivity index (χ1n) is 12.8. The summed E-state index contributed by atoms with van der Waals surface area (Å²) in [5.74, 6) is 0.265. The molecule has 3 saturated heterocycles. The van der Waals surface area contributed by atoms with Crippen LogP contribution < -0.4 is 4.90 Å². The summed E-state index contributed by atoms with van der Waals surface area (Å²) in [6, 6.07) is 7.48. The second-order valence-corrected chi connectivity index (χ2v) is 10.5. The maximum atomic E-state index is 12.9. The summed E-state index contributed by atoms with van der Waals surface area (Å²) in [7, 11) is 0. The predicted octanol–water partition coefficient (Wildman–Crippen LogP) is 4.37. The van der Waals surface area contributed by atoms with Crippen LogP contribution in [0.3, 0.4) is 0 Å². The fraction of sp³-hybridized carbons (Fsp3) is 0.444. The Labute approximate surface area is 224 Å². The molecule has 11 heteroatoms. The van der Waals surface area contributed by atoms with Gasteiger partial charge in [0.2, 0.25) is 11.6 Å². The number of aryl methyl sites for hydroxylation is 1. The van der Waals surface area contributed by atoms with Crippen molar-refractivity contribution in [1.82, 2.24) is 19.7 Å². The Morgan fingerprint density at radius 1 is 1.13 bits per heavy atom. The molecule has 2 aromatic heterocycles. The van der Waals surface area contributed by atoms with Gasteiger partial charge in [-0.3, -0.25) is 4.79 Å². The molecule has 0 amide bonds. The van der Waals surface area contributed by atoms with Gasteiger partial charge in [-0.1, -0.05) is 24.8 Å². The third kappa shape index (κ3) is 4.31. The molecule has 3 atom stereocenters. The maximum absolute atomic E-state index is 12.9. The van der Waals surface area contributed by atoms with Gasteiger partial charge in [-0.15, -0.1) is 0 Å². The normalized spacial score (nSPS) is 26.7. The van der Waals surface area contributed by atoms with E-state index in [9.17, 15) is 9.59 Å². The Morgan fingerprint density at radius 3 is 2.58 bits per heavy atom. The fourth-order valence-electron chi connectivity index (χ4n) is 5.78. The minimum absolute atomic E-state index is 0.0825. The van der Waals surface area contributed by atoms with Crippen molar-refractivity contribution < 1.29 is 23.8 Å². The van der Waals surface area contributed by atoms with Crippen molar-refractivity contribution in [2.24, 2.45) is 5.92 Å². The first-order valence-corrected chi connectivity index (χ1v) is 13.1. The van der Waals surface area contributed by atoms with E-state index in [0.717, 1.165) is 36.2 Å². The Hall–Kier alpha value is -3.50. The Bertz CT molecular complexity index is 1430. The molecule has 1 aliphatic carbocycles. The van der Waals surface area contributed by atoms with Crippen LogP contribution in [0.25, 0.3) is 11.0 Å². The predicted molar refractivity (Wildman–Crippen MR) is 139 cm³/mol. The summed E-state index contributed by atoms with van der Waals surface area (Å²) in [5, 5.41) is 5.35. The highest BCUT2D eigenvalue weighted by Crippen LogP contribution is 2.41. The molecule has 0 N–H and O–H groups in total. The number of halogens is 1. The van der Waals surface area contributed by atoms with E-state index in [0.29, 0.717) is 23.2 Å². The number of ether oxygens (including phenoxy) is 3. The minimum Gasteiger partial charge on any atom is -0.453 e. The molecule has 1 saturated carbocycles. The number of esters is 2. The molecular formula is C27H28ClN5O5. The molecule has 5 heterocycles. The van der Waals surface area contributed by atoms with Crippen molar-refractivity contribution in [2.45, 2.75) is 64.2 Å². The van der Waals surface area contributed by atoms with Crippen LogP contribution in [0.4, 0.5) is 5.82 Å². The highest BCUT2D eigenvalue weighted by Gasteiger charge is 2.46. The van der Waals surface area contributed by atoms with Crippen LogP contribution >= 0.6 is 11.6 Å². The topological polar surface area (TPSA) is 109 Å². The molecule has 4 fully saturated rings. The molecule has 0 radical (unpaired) electrons. The first kappa shape index (κ1) is 24.8. The zero-order chi connectivity index (χ0) is 26.6. The van der Waals surface area contributed by atoms with Gasteiger partial charge in [-0.2, -0.15) is 15.1 Å². The van der Waals surface area contributed by atoms with Gasteiger partial charge < -0.3 is 19.1 Å². The zero-order valence-electron chi connectivity index (χ0n) is 21.2. The molecule has 3 aliphatic heterocycles. The lowest BCUT2D eigenvalue weighted by atomic mass is 9.80. The molecule has 38 heavy (non-hydrogen) atoms. The highest BCUT2D eigenvalue weighted by atomic mass is 35.5. The molecule has 2 bridgehead atoms. The zero-order valence-corrected chi connectivity index (χ0v) is 21.9. The largest absolute Gasteiger partial charge is 0.453 e. The SMILES string of the molecule is C=C1[C@H](OC(=O)c2ccccc2C)O[C@@H](n2ncc3c(N4CC5CCC4CC5)nc(Cl)nc32)[C@@H]1OC(C)=O. The third-order valence-electron chi connectivity index (χ3n) is 7.69. The first-order chi connectivity index (χ1) is 18.3. The van der Waals surface area contributed by atoms with Crippen molar-refractivity contribution >= 4 is 40.4 Å². The van der Waals surface area contributed by atoms with E-state index in [2.05, 4.69) is 26.5 Å². The smallest absolute Gasteiger partial charge is 0.340 e. The van der Waals surface area contributed by atoms with E-state index in [1.807, 2.05) is 19.1 Å². The molecule has 10 nitrogen and oxygen atoms in total. The van der Waals surface area contributed by atoms with E-state index in [1.165, 1.54) is 24.4 Å². The van der Waals surface area contributed by atoms with Crippen LogP contribution in [0.15, 0.2) is 42.6 Å². The van der Waals surface area contributed by atoms with Gasteiger partial charge in [0.1, 0.15) is 5.82 Å². The van der Waals surface area contributed by atoms with Gasteiger partial charge in [0.05, 0.1) is 17.1 Å². The fourth-order valence-corrected chi connectivity index (χ4v) is 5.94. The van der Waals surface area contributed by atoms with E-state index in [1.54, 1.807) is 18.3 Å². The lowest BCUT2D eigenvalue weighted by Crippen LogP contribution is -2.48. The molecule has 4 aliphatic rings. The number of carbonyl (C=O) groups is 2. The monoisotopic (exact) mass is 537 g/mol. The molecule has 0 unspecified atom stereocenters. The van der Waals surface area contributed by atoms with Crippen LogP contribution in [0.2, 0.25) is 5.28 Å². The van der Waals surface area contributed by atoms with Crippen LogP contribution in [-0.2, 0) is 19.0 Å². The number of fused-ring (bicyclic) bond motifs is 4. The third-order valence-corrected chi connectivity index (χ3v) is 7.86. The number of hydrogen-bond donors (Lipinski definition) is 0. The van der Waals surface area contributed by atoms with Gasteiger partial charge >= 0.3 is 11.9 Å². The number of rotatable bonds is 5. The summed E-state index contributed by atoms with van der Waals surface area (Å²) < 4.78 is 18.8. The molecular weight excluding hydrogens is 510 g/mol. The average molecular weight is 538 g/mol. The van der Waals surface area contributed by atoms with Crippen molar-refractivity contribution in [3.63, 3.8) is 0 Å². The summed E-state index contributed by atoms with van der Waals surface area (Å²) in [6.07, 6.45) is 3.27. The van der Waals surface area contributed by atoms with Crippen molar-refractivity contribution in [3.05, 3.63) is 59.0 Å².